The second-order valence-electron chi connectivity index (χ2n) is 5.51. The third-order valence-corrected chi connectivity index (χ3v) is 2.93. The molecule has 0 aromatic rings. The molecule has 5 heteroatoms. The molecule has 1 aliphatic rings. The highest BCUT2D eigenvalue weighted by Crippen LogP contribution is 2.26. The van der Waals surface area contributed by atoms with Crippen molar-refractivity contribution in [1.82, 2.24) is 4.90 Å². The Morgan fingerprint density at radius 3 is 2.67 bits per heavy atom. The van der Waals surface area contributed by atoms with Crippen LogP contribution >= 0.6 is 0 Å². The lowest BCUT2D eigenvalue weighted by atomic mass is 10.0. The molecule has 0 aromatic carbocycles. The summed E-state index contributed by atoms with van der Waals surface area (Å²) in [5.41, 5.74) is 5.25. The van der Waals surface area contributed by atoms with Gasteiger partial charge in [-0.25, -0.2) is 4.79 Å². The number of carbonyl (C=O) groups excluding carboxylic acids is 1. The predicted octanol–water partition coefficient (Wildman–Crippen LogP) is 1.73. The molecule has 0 spiro atoms. The normalized spacial score (nSPS) is 24.6. The van der Waals surface area contributed by atoms with Gasteiger partial charge in [0.1, 0.15) is 5.60 Å². The molecule has 0 aliphatic carbocycles. The average Bonchev–Trinajstić information content (AvgIpc) is 2.66. The number of hydrogen-bond donors (Lipinski definition) is 1. The van der Waals surface area contributed by atoms with Crippen molar-refractivity contribution in [1.29, 1.82) is 0 Å². The van der Waals surface area contributed by atoms with E-state index in [-0.39, 0.29) is 18.1 Å². The predicted molar refractivity (Wildman–Crippen MR) is 70.0 cm³/mol. The standard InChI is InChI=1S/C13H24N2O3/c1-13(2,3)18-12(16)15-7-5-10(9-14)11(15)6-8-17-4/h6,8,10-11H,5,7,9,14H2,1-4H3/b8-6-/t10-,11-/m0/s1. The van der Waals surface area contributed by atoms with E-state index in [2.05, 4.69) is 0 Å². The molecule has 1 heterocycles. The lowest BCUT2D eigenvalue weighted by molar-refractivity contribution is 0.0242. The van der Waals surface area contributed by atoms with Crippen LogP contribution in [0.2, 0.25) is 0 Å². The number of methoxy groups -OCH3 is 1. The van der Waals surface area contributed by atoms with E-state index in [1.807, 2.05) is 26.8 Å². The maximum Gasteiger partial charge on any atom is 0.410 e. The van der Waals surface area contributed by atoms with Crippen LogP contribution in [0.15, 0.2) is 12.3 Å². The van der Waals surface area contributed by atoms with Gasteiger partial charge in [0.15, 0.2) is 0 Å². The van der Waals surface area contributed by atoms with Crippen molar-refractivity contribution in [2.75, 3.05) is 20.2 Å². The Morgan fingerprint density at radius 1 is 1.50 bits per heavy atom. The summed E-state index contributed by atoms with van der Waals surface area (Å²) in [7, 11) is 1.58. The fraction of sp³-hybridized carbons (Fsp3) is 0.769. The number of hydrogen-bond acceptors (Lipinski definition) is 4. The van der Waals surface area contributed by atoms with E-state index in [1.54, 1.807) is 18.3 Å². The highest BCUT2D eigenvalue weighted by molar-refractivity contribution is 5.69. The summed E-state index contributed by atoms with van der Waals surface area (Å²) >= 11 is 0. The first-order valence-corrected chi connectivity index (χ1v) is 6.28. The van der Waals surface area contributed by atoms with Crippen LogP contribution in [0.4, 0.5) is 4.79 Å². The van der Waals surface area contributed by atoms with Gasteiger partial charge in [0, 0.05) is 6.54 Å². The molecule has 0 saturated carbocycles. The zero-order chi connectivity index (χ0) is 13.8. The van der Waals surface area contributed by atoms with Gasteiger partial charge in [0.05, 0.1) is 19.4 Å². The first kappa shape index (κ1) is 14.8. The first-order chi connectivity index (χ1) is 8.39. The number of ether oxygens (including phenoxy) is 2. The van der Waals surface area contributed by atoms with Crippen LogP contribution < -0.4 is 5.73 Å². The number of nitrogens with two attached hydrogens (primary N) is 1. The highest BCUT2D eigenvalue weighted by Gasteiger charge is 2.36. The van der Waals surface area contributed by atoms with Crippen LogP contribution in [-0.4, -0.2) is 42.8 Å². The molecule has 0 aromatic heterocycles. The molecule has 1 rings (SSSR count). The van der Waals surface area contributed by atoms with Crippen molar-refractivity contribution in [3.63, 3.8) is 0 Å². The molecule has 1 aliphatic heterocycles. The zero-order valence-corrected chi connectivity index (χ0v) is 11.7. The van der Waals surface area contributed by atoms with Gasteiger partial charge in [0.2, 0.25) is 0 Å². The summed E-state index contributed by atoms with van der Waals surface area (Å²) in [4.78, 5) is 13.8. The summed E-state index contributed by atoms with van der Waals surface area (Å²) in [6.07, 6.45) is 4.07. The summed E-state index contributed by atoms with van der Waals surface area (Å²) in [5, 5.41) is 0. The number of rotatable bonds is 3. The minimum Gasteiger partial charge on any atom is -0.505 e. The Balaban J connectivity index is 2.74. The molecule has 2 N–H and O–H groups in total. The molecule has 1 saturated heterocycles. The number of likely N-dealkylation sites (tertiary alicyclic amines) is 1. The van der Waals surface area contributed by atoms with Crippen molar-refractivity contribution < 1.29 is 14.3 Å². The summed E-state index contributed by atoms with van der Waals surface area (Å²) < 4.78 is 10.3. The fourth-order valence-corrected chi connectivity index (χ4v) is 2.09. The van der Waals surface area contributed by atoms with Crippen molar-refractivity contribution in [2.24, 2.45) is 11.7 Å². The Hall–Kier alpha value is -1.23. The summed E-state index contributed by atoms with van der Waals surface area (Å²) in [6, 6.07) is -0.0372. The molecular formula is C13H24N2O3. The smallest absolute Gasteiger partial charge is 0.410 e. The molecule has 0 bridgehead atoms. The molecule has 1 amide bonds. The summed E-state index contributed by atoms with van der Waals surface area (Å²) in [5.74, 6) is 0.268. The third kappa shape index (κ3) is 3.91. The molecule has 0 unspecified atom stereocenters. The van der Waals surface area contributed by atoms with Gasteiger partial charge in [0.25, 0.3) is 0 Å². The van der Waals surface area contributed by atoms with E-state index < -0.39 is 5.60 Å². The minimum atomic E-state index is -0.479. The fourth-order valence-electron chi connectivity index (χ4n) is 2.09. The minimum absolute atomic E-state index is 0.0372. The monoisotopic (exact) mass is 256 g/mol. The quantitative estimate of drug-likeness (QED) is 0.781. The Labute approximate surface area is 109 Å². The van der Waals surface area contributed by atoms with Crippen LogP contribution in [0.5, 0.6) is 0 Å². The van der Waals surface area contributed by atoms with Crippen LogP contribution in [0.3, 0.4) is 0 Å². The van der Waals surface area contributed by atoms with Crippen LogP contribution in [0.25, 0.3) is 0 Å². The lowest BCUT2D eigenvalue weighted by Gasteiger charge is -2.28. The maximum atomic E-state index is 12.1. The maximum absolute atomic E-state index is 12.1. The Morgan fingerprint density at radius 2 is 2.17 bits per heavy atom. The van der Waals surface area contributed by atoms with Crippen LogP contribution in [0, 0.1) is 5.92 Å². The van der Waals surface area contributed by atoms with E-state index in [9.17, 15) is 4.79 Å². The highest BCUT2D eigenvalue weighted by atomic mass is 16.6. The van der Waals surface area contributed by atoms with Gasteiger partial charge < -0.3 is 20.1 Å². The Bertz CT molecular complexity index is 310. The van der Waals surface area contributed by atoms with Gasteiger partial charge in [-0.2, -0.15) is 0 Å². The third-order valence-electron chi connectivity index (χ3n) is 2.93. The van der Waals surface area contributed by atoms with Gasteiger partial charge >= 0.3 is 6.09 Å². The Kier molecular flexibility index (Phi) is 5.02. The van der Waals surface area contributed by atoms with Gasteiger partial charge in [-0.15, -0.1) is 0 Å². The molecule has 5 nitrogen and oxygen atoms in total. The van der Waals surface area contributed by atoms with Crippen LogP contribution in [0.1, 0.15) is 27.2 Å². The van der Waals surface area contributed by atoms with Crippen molar-refractivity contribution >= 4 is 6.09 Å². The molecule has 104 valence electrons. The zero-order valence-electron chi connectivity index (χ0n) is 11.7. The molecule has 2 atom stereocenters. The second kappa shape index (κ2) is 6.09. The van der Waals surface area contributed by atoms with E-state index in [0.717, 1.165) is 6.42 Å². The van der Waals surface area contributed by atoms with E-state index in [4.69, 9.17) is 15.2 Å². The van der Waals surface area contributed by atoms with Crippen LogP contribution in [-0.2, 0) is 9.47 Å². The molecule has 0 radical (unpaired) electrons. The van der Waals surface area contributed by atoms with Gasteiger partial charge in [-0.3, -0.25) is 0 Å². The lowest BCUT2D eigenvalue weighted by Crippen LogP contribution is -2.41. The second-order valence-corrected chi connectivity index (χ2v) is 5.51. The van der Waals surface area contributed by atoms with E-state index in [0.29, 0.717) is 13.1 Å². The first-order valence-electron chi connectivity index (χ1n) is 6.28. The largest absolute Gasteiger partial charge is 0.505 e. The number of nitrogens with zero attached hydrogens (tertiary/aromatic N) is 1. The number of amides is 1. The van der Waals surface area contributed by atoms with Crippen molar-refractivity contribution in [2.45, 2.75) is 38.8 Å². The van der Waals surface area contributed by atoms with Gasteiger partial charge in [-0.05, 0) is 45.7 Å². The van der Waals surface area contributed by atoms with E-state index in [1.165, 1.54) is 0 Å². The average molecular weight is 256 g/mol. The molecule has 18 heavy (non-hydrogen) atoms. The summed E-state index contributed by atoms with van der Waals surface area (Å²) in [6.45, 7) is 6.82. The van der Waals surface area contributed by atoms with Crippen molar-refractivity contribution in [3.05, 3.63) is 12.3 Å². The molecule has 1 fully saturated rings. The molecular weight excluding hydrogens is 232 g/mol. The number of carbonyl (C=O) groups is 1. The van der Waals surface area contributed by atoms with E-state index >= 15 is 0 Å². The van der Waals surface area contributed by atoms with Gasteiger partial charge in [-0.1, -0.05) is 0 Å². The topological polar surface area (TPSA) is 64.8 Å². The van der Waals surface area contributed by atoms with Crippen molar-refractivity contribution in [3.8, 4) is 0 Å². The SMILES string of the molecule is CO/C=C\[C@H]1[C@H](CN)CCN1C(=O)OC(C)(C)C.